The van der Waals surface area contributed by atoms with E-state index in [0.717, 1.165) is 36.5 Å². The van der Waals surface area contributed by atoms with Gasteiger partial charge in [-0.25, -0.2) is 4.57 Å². The summed E-state index contributed by atoms with van der Waals surface area (Å²) in [6.45, 7) is 0. The van der Waals surface area contributed by atoms with Crippen LogP contribution in [0.25, 0.3) is 5.76 Å². The molecule has 2 N–H and O–H groups in total. The number of allylic oxidation sites excluding steroid dienone is 1. The van der Waals surface area contributed by atoms with Crippen LogP contribution in [0.5, 0.6) is 5.75 Å². The van der Waals surface area contributed by atoms with E-state index in [1.807, 2.05) is 13.2 Å². The van der Waals surface area contributed by atoms with Gasteiger partial charge in [-0.05, 0) is 67.6 Å². The van der Waals surface area contributed by atoms with Crippen molar-refractivity contribution >= 4 is 13.6 Å². The van der Waals surface area contributed by atoms with Gasteiger partial charge in [0.15, 0.2) is 0 Å². The van der Waals surface area contributed by atoms with E-state index in [1.54, 1.807) is 19.2 Å². The lowest BCUT2D eigenvalue weighted by molar-refractivity contribution is -0.125. The molecule has 1 aromatic carbocycles. The maximum absolute atomic E-state index is 11.1. The molecule has 4 fully saturated rings. The second kappa shape index (κ2) is 6.38. The van der Waals surface area contributed by atoms with Gasteiger partial charge in [-0.2, -0.15) is 0 Å². The van der Waals surface area contributed by atoms with Gasteiger partial charge in [0.25, 0.3) is 0 Å². The zero-order chi connectivity index (χ0) is 18.5. The van der Waals surface area contributed by atoms with Gasteiger partial charge in [0, 0.05) is 12.7 Å². The summed E-state index contributed by atoms with van der Waals surface area (Å²) in [5.41, 5.74) is 2.15. The molecule has 0 radical (unpaired) electrons. The van der Waals surface area contributed by atoms with Gasteiger partial charge in [0.2, 0.25) is 0 Å². The van der Waals surface area contributed by atoms with Crippen molar-refractivity contribution in [1.82, 2.24) is 0 Å². The van der Waals surface area contributed by atoms with Crippen molar-refractivity contribution in [2.75, 3.05) is 14.2 Å². The van der Waals surface area contributed by atoms with Crippen molar-refractivity contribution in [1.29, 1.82) is 0 Å². The molecule has 4 aliphatic rings. The average Bonchev–Trinajstić information content (AvgIpc) is 2.56. The molecule has 1 aromatic rings. The summed E-state index contributed by atoms with van der Waals surface area (Å²) in [6.07, 6.45) is 5.55. The SMILES string of the molecule is COC(=C1C2CC3CC1CC(OC)(C3)C2)c1cccc(OP(=O)(O)O)c1. The van der Waals surface area contributed by atoms with Crippen LogP contribution < -0.4 is 4.52 Å². The van der Waals surface area contributed by atoms with Crippen LogP contribution in [0, 0.1) is 17.8 Å². The van der Waals surface area contributed by atoms with Gasteiger partial charge in [-0.15, -0.1) is 0 Å². The van der Waals surface area contributed by atoms with E-state index < -0.39 is 7.82 Å². The van der Waals surface area contributed by atoms with Crippen molar-refractivity contribution in [3.63, 3.8) is 0 Å². The van der Waals surface area contributed by atoms with Gasteiger partial charge in [-0.1, -0.05) is 12.1 Å². The van der Waals surface area contributed by atoms with Crippen LogP contribution in [0.4, 0.5) is 0 Å². The topological polar surface area (TPSA) is 85.2 Å². The monoisotopic (exact) mass is 380 g/mol. The highest BCUT2D eigenvalue weighted by Crippen LogP contribution is 2.60. The highest BCUT2D eigenvalue weighted by Gasteiger charge is 2.54. The summed E-state index contributed by atoms with van der Waals surface area (Å²) in [4.78, 5) is 18.1. The highest BCUT2D eigenvalue weighted by molar-refractivity contribution is 7.46. The molecule has 0 saturated heterocycles. The minimum atomic E-state index is -4.59. The number of phosphoric ester groups is 1. The zero-order valence-corrected chi connectivity index (χ0v) is 15.9. The second-order valence-electron chi connectivity index (χ2n) is 7.83. The molecule has 0 amide bonds. The van der Waals surface area contributed by atoms with E-state index >= 15 is 0 Å². The number of rotatable bonds is 5. The lowest BCUT2D eigenvalue weighted by Gasteiger charge is -2.57. The van der Waals surface area contributed by atoms with Crippen LogP contribution in [-0.4, -0.2) is 29.6 Å². The molecule has 4 saturated carbocycles. The number of hydrogen-bond acceptors (Lipinski definition) is 4. The van der Waals surface area contributed by atoms with E-state index in [9.17, 15) is 4.57 Å². The summed E-state index contributed by atoms with van der Waals surface area (Å²) in [6, 6.07) is 6.81. The molecule has 2 atom stereocenters. The van der Waals surface area contributed by atoms with Crippen LogP contribution in [0.1, 0.15) is 37.7 Å². The largest absolute Gasteiger partial charge is 0.524 e. The Labute approximate surface area is 153 Å². The first-order valence-corrected chi connectivity index (χ1v) is 10.5. The lowest BCUT2D eigenvalue weighted by atomic mass is 9.52. The van der Waals surface area contributed by atoms with Crippen molar-refractivity contribution < 1.29 is 28.3 Å². The van der Waals surface area contributed by atoms with Gasteiger partial charge in [0.1, 0.15) is 11.5 Å². The van der Waals surface area contributed by atoms with Gasteiger partial charge >= 0.3 is 7.82 Å². The summed E-state index contributed by atoms with van der Waals surface area (Å²) in [5.74, 6) is 2.58. The molecule has 142 valence electrons. The Kier molecular flexibility index (Phi) is 4.43. The Morgan fingerprint density at radius 2 is 1.85 bits per heavy atom. The van der Waals surface area contributed by atoms with E-state index in [2.05, 4.69) is 0 Å². The number of phosphoric acid groups is 1. The van der Waals surface area contributed by atoms with Crippen LogP contribution in [0.15, 0.2) is 29.8 Å². The summed E-state index contributed by atoms with van der Waals surface area (Å²) < 4.78 is 27.6. The third-order valence-electron chi connectivity index (χ3n) is 6.23. The van der Waals surface area contributed by atoms with E-state index in [0.29, 0.717) is 11.8 Å². The predicted molar refractivity (Wildman–Crippen MR) is 96.3 cm³/mol. The number of hydrogen-bond donors (Lipinski definition) is 2. The Morgan fingerprint density at radius 3 is 2.42 bits per heavy atom. The summed E-state index contributed by atoms with van der Waals surface area (Å²) >= 11 is 0. The Morgan fingerprint density at radius 1 is 1.15 bits per heavy atom. The number of methoxy groups -OCH3 is 2. The van der Waals surface area contributed by atoms with Crippen LogP contribution in [0.2, 0.25) is 0 Å². The fraction of sp³-hybridized carbons (Fsp3) is 0.579. The molecule has 5 rings (SSSR count). The average molecular weight is 380 g/mol. The third kappa shape index (κ3) is 3.20. The molecule has 4 bridgehead atoms. The molecule has 26 heavy (non-hydrogen) atoms. The molecule has 2 unspecified atom stereocenters. The maximum atomic E-state index is 11.1. The fourth-order valence-corrected chi connectivity index (χ4v) is 5.96. The first-order chi connectivity index (χ1) is 12.3. The first kappa shape index (κ1) is 18.1. The standard InChI is InChI=1S/C19H25O6P/c1-23-18(13-4-3-5-16(8-13)25-26(20,21)22)17-14-6-12-7-15(17)11-19(9-12,10-14)24-2/h3-5,8,12,14-15H,6-7,9-11H2,1-2H3,(H2,20,21,22). The van der Waals surface area contributed by atoms with Crippen molar-refractivity contribution in [2.45, 2.75) is 37.7 Å². The lowest BCUT2D eigenvalue weighted by Crippen LogP contribution is -2.52. The second-order valence-corrected chi connectivity index (χ2v) is 8.99. The van der Waals surface area contributed by atoms with Gasteiger partial charge in [0.05, 0.1) is 12.7 Å². The molecular weight excluding hydrogens is 355 g/mol. The Balaban J connectivity index is 1.72. The predicted octanol–water partition coefficient (Wildman–Crippen LogP) is 3.74. The van der Waals surface area contributed by atoms with Crippen molar-refractivity contribution in [2.24, 2.45) is 17.8 Å². The first-order valence-electron chi connectivity index (χ1n) is 9.01. The smallest absolute Gasteiger partial charge is 0.496 e. The molecule has 7 heteroatoms. The highest BCUT2D eigenvalue weighted by atomic mass is 31.2. The molecule has 0 aliphatic heterocycles. The molecule has 4 aliphatic carbocycles. The minimum Gasteiger partial charge on any atom is -0.496 e. The maximum Gasteiger partial charge on any atom is 0.524 e. The number of benzene rings is 1. The van der Waals surface area contributed by atoms with Crippen LogP contribution >= 0.6 is 7.82 Å². The van der Waals surface area contributed by atoms with E-state index in [1.165, 1.54) is 24.5 Å². The summed E-state index contributed by atoms with van der Waals surface area (Å²) in [7, 11) is -1.09. The Hall–Kier alpha value is -1.33. The third-order valence-corrected chi connectivity index (χ3v) is 6.68. The molecule has 0 spiro atoms. The number of ether oxygens (including phenoxy) is 2. The normalized spacial score (nSPS) is 32.6. The molecule has 0 heterocycles. The molecular formula is C19H25O6P. The van der Waals surface area contributed by atoms with Gasteiger partial charge in [-0.3, -0.25) is 9.79 Å². The van der Waals surface area contributed by atoms with Crippen molar-refractivity contribution in [3.8, 4) is 5.75 Å². The molecule has 0 aromatic heterocycles. The van der Waals surface area contributed by atoms with E-state index in [-0.39, 0.29) is 11.4 Å². The zero-order valence-electron chi connectivity index (χ0n) is 15.1. The Bertz CT molecular complexity index is 764. The summed E-state index contributed by atoms with van der Waals surface area (Å²) in [5, 5.41) is 0. The quantitative estimate of drug-likeness (QED) is 0.598. The van der Waals surface area contributed by atoms with Crippen LogP contribution in [-0.2, 0) is 14.0 Å². The van der Waals surface area contributed by atoms with Crippen LogP contribution in [0.3, 0.4) is 0 Å². The minimum absolute atomic E-state index is 0.0181. The molecule has 6 nitrogen and oxygen atoms in total. The van der Waals surface area contributed by atoms with E-state index in [4.69, 9.17) is 23.8 Å². The fourth-order valence-electron chi connectivity index (χ4n) is 5.57. The van der Waals surface area contributed by atoms with Gasteiger partial charge < -0.3 is 14.0 Å². The van der Waals surface area contributed by atoms with Crippen molar-refractivity contribution in [3.05, 3.63) is 35.4 Å².